The zero-order valence-corrected chi connectivity index (χ0v) is 13.8. The van der Waals surface area contributed by atoms with E-state index in [0.29, 0.717) is 18.7 Å². The number of carbonyl (C=O) groups is 1. The predicted molar refractivity (Wildman–Crippen MR) is 92.0 cm³/mol. The summed E-state index contributed by atoms with van der Waals surface area (Å²) in [6.45, 7) is 4.95. The van der Waals surface area contributed by atoms with Gasteiger partial charge in [0, 0.05) is 12.2 Å². The van der Waals surface area contributed by atoms with Crippen LogP contribution < -0.4 is 5.32 Å². The van der Waals surface area contributed by atoms with E-state index in [4.69, 9.17) is 5.26 Å². The molecule has 0 spiro atoms. The number of rotatable bonds is 5. The molecule has 4 heteroatoms. The van der Waals surface area contributed by atoms with Crippen LogP contribution in [-0.2, 0) is 11.3 Å². The molecule has 0 heterocycles. The number of nitrogens with zero attached hydrogens (tertiary/aromatic N) is 2. The van der Waals surface area contributed by atoms with E-state index in [1.165, 1.54) is 0 Å². The molecular weight excluding hydrogens is 286 g/mol. The molecule has 118 valence electrons. The van der Waals surface area contributed by atoms with Crippen LogP contribution in [-0.4, -0.2) is 24.4 Å². The Bertz CT molecular complexity index is 709. The Morgan fingerprint density at radius 2 is 1.74 bits per heavy atom. The Morgan fingerprint density at radius 3 is 2.30 bits per heavy atom. The van der Waals surface area contributed by atoms with E-state index in [2.05, 4.69) is 11.4 Å². The Hall–Kier alpha value is -2.64. The summed E-state index contributed by atoms with van der Waals surface area (Å²) in [5.41, 5.74) is 4.74. The van der Waals surface area contributed by atoms with Crippen LogP contribution in [0.2, 0.25) is 0 Å². The van der Waals surface area contributed by atoms with Crippen LogP contribution in [0.4, 0.5) is 5.69 Å². The molecule has 0 aliphatic carbocycles. The van der Waals surface area contributed by atoms with Gasteiger partial charge < -0.3 is 5.32 Å². The molecule has 2 aromatic rings. The number of nitriles is 1. The fraction of sp³-hybridized carbons (Fsp3) is 0.263. The first-order chi connectivity index (χ1) is 11.0. The number of hydrogen-bond acceptors (Lipinski definition) is 3. The van der Waals surface area contributed by atoms with Crippen molar-refractivity contribution in [3.05, 3.63) is 64.7 Å². The van der Waals surface area contributed by atoms with Gasteiger partial charge in [0.05, 0.1) is 18.2 Å². The van der Waals surface area contributed by atoms with Crippen molar-refractivity contribution in [1.29, 1.82) is 5.26 Å². The zero-order chi connectivity index (χ0) is 16.8. The van der Waals surface area contributed by atoms with Crippen molar-refractivity contribution in [3.8, 4) is 6.07 Å². The van der Waals surface area contributed by atoms with E-state index in [1.54, 1.807) is 12.1 Å². The van der Waals surface area contributed by atoms with Gasteiger partial charge in [0.25, 0.3) is 0 Å². The molecule has 0 bridgehead atoms. The summed E-state index contributed by atoms with van der Waals surface area (Å²) in [5.74, 6) is -0.0291. The van der Waals surface area contributed by atoms with Gasteiger partial charge in [0.2, 0.25) is 5.91 Å². The highest BCUT2D eigenvalue weighted by molar-refractivity contribution is 5.93. The van der Waals surface area contributed by atoms with Crippen LogP contribution in [0.15, 0.2) is 42.5 Å². The minimum Gasteiger partial charge on any atom is -0.324 e. The first-order valence-corrected chi connectivity index (χ1v) is 7.53. The Kier molecular flexibility index (Phi) is 5.51. The number of hydrogen-bond donors (Lipinski definition) is 1. The summed E-state index contributed by atoms with van der Waals surface area (Å²) in [4.78, 5) is 14.2. The molecule has 1 N–H and O–H groups in total. The number of benzene rings is 2. The molecule has 0 saturated carbocycles. The summed E-state index contributed by atoms with van der Waals surface area (Å²) in [6, 6.07) is 15.5. The number of amides is 1. The summed E-state index contributed by atoms with van der Waals surface area (Å²) in [5, 5.41) is 11.8. The molecule has 0 fully saturated rings. The highest BCUT2D eigenvalue weighted by Crippen LogP contribution is 2.19. The maximum atomic E-state index is 12.2. The molecule has 2 aromatic carbocycles. The molecule has 0 atom stereocenters. The van der Waals surface area contributed by atoms with E-state index < -0.39 is 0 Å². The van der Waals surface area contributed by atoms with Crippen LogP contribution in [0, 0.1) is 25.2 Å². The lowest BCUT2D eigenvalue weighted by Crippen LogP contribution is -2.30. The van der Waals surface area contributed by atoms with Gasteiger partial charge in [-0.25, -0.2) is 0 Å². The van der Waals surface area contributed by atoms with Gasteiger partial charge in [-0.05, 0) is 49.7 Å². The van der Waals surface area contributed by atoms with Gasteiger partial charge in [0.1, 0.15) is 0 Å². The molecular formula is C19H21N3O. The summed E-state index contributed by atoms with van der Waals surface area (Å²) in [7, 11) is 1.91. The van der Waals surface area contributed by atoms with Gasteiger partial charge in [0.15, 0.2) is 0 Å². The number of carbonyl (C=O) groups excluding carboxylic acids is 1. The number of para-hydroxylation sites is 1. The lowest BCUT2D eigenvalue weighted by molar-refractivity contribution is -0.117. The van der Waals surface area contributed by atoms with Crippen LogP contribution in [0.25, 0.3) is 0 Å². The largest absolute Gasteiger partial charge is 0.324 e. The second kappa shape index (κ2) is 7.57. The second-order valence-electron chi connectivity index (χ2n) is 5.80. The number of likely N-dealkylation sites (N-methyl/N-ethyl adjacent to an activating group) is 1. The minimum absolute atomic E-state index is 0.0291. The third-order valence-electron chi connectivity index (χ3n) is 3.69. The summed E-state index contributed by atoms with van der Waals surface area (Å²) in [6.07, 6.45) is 0. The fourth-order valence-electron chi connectivity index (χ4n) is 2.49. The first kappa shape index (κ1) is 16.7. The molecule has 0 aliphatic heterocycles. The Morgan fingerprint density at radius 1 is 1.13 bits per heavy atom. The predicted octanol–water partition coefficient (Wildman–Crippen LogP) is 3.25. The van der Waals surface area contributed by atoms with Gasteiger partial charge in [-0.15, -0.1) is 0 Å². The molecule has 23 heavy (non-hydrogen) atoms. The Balaban J connectivity index is 1.93. The van der Waals surface area contributed by atoms with Crippen molar-refractivity contribution in [2.24, 2.45) is 0 Å². The molecule has 4 nitrogen and oxygen atoms in total. The highest BCUT2D eigenvalue weighted by Gasteiger charge is 2.10. The van der Waals surface area contributed by atoms with Gasteiger partial charge >= 0.3 is 0 Å². The fourth-order valence-corrected chi connectivity index (χ4v) is 2.49. The van der Waals surface area contributed by atoms with E-state index in [0.717, 1.165) is 22.4 Å². The average molecular weight is 307 g/mol. The number of nitrogens with one attached hydrogen (secondary N) is 1. The van der Waals surface area contributed by atoms with Crippen molar-refractivity contribution in [2.75, 3.05) is 18.9 Å². The van der Waals surface area contributed by atoms with E-state index in [-0.39, 0.29) is 5.91 Å². The Labute approximate surface area is 137 Å². The summed E-state index contributed by atoms with van der Waals surface area (Å²) < 4.78 is 0. The maximum Gasteiger partial charge on any atom is 0.238 e. The van der Waals surface area contributed by atoms with Crippen molar-refractivity contribution in [3.63, 3.8) is 0 Å². The smallest absolute Gasteiger partial charge is 0.238 e. The second-order valence-corrected chi connectivity index (χ2v) is 5.80. The molecule has 0 radical (unpaired) electrons. The third kappa shape index (κ3) is 4.67. The van der Waals surface area contributed by atoms with Crippen molar-refractivity contribution in [1.82, 2.24) is 4.90 Å². The monoisotopic (exact) mass is 307 g/mol. The number of aryl methyl sites for hydroxylation is 2. The third-order valence-corrected chi connectivity index (χ3v) is 3.69. The van der Waals surface area contributed by atoms with Gasteiger partial charge in [-0.2, -0.15) is 5.26 Å². The molecule has 0 unspecified atom stereocenters. The standard InChI is InChI=1S/C19H21N3O/c1-14-5-4-6-15(2)19(14)21-18(23)13-22(3)12-17-9-7-16(11-20)8-10-17/h4-10H,12-13H2,1-3H3,(H,21,23). The highest BCUT2D eigenvalue weighted by atomic mass is 16.2. The van der Waals surface area contributed by atoms with E-state index in [1.807, 2.05) is 56.1 Å². The minimum atomic E-state index is -0.0291. The zero-order valence-electron chi connectivity index (χ0n) is 13.8. The van der Waals surface area contributed by atoms with Crippen LogP contribution >= 0.6 is 0 Å². The lowest BCUT2D eigenvalue weighted by atomic mass is 10.1. The molecule has 0 aliphatic rings. The SMILES string of the molecule is Cc1cccc(C)c1NC(=O)CN(C)Cc1ccc(C#N)cc1. The van der Waals surface area contributed by atoms with Crippen molar-refractivity contribution >= 4 is 11.6 Å². The quantitative estimate of drug-likeness (QED) is 0.922. The number of anilines is 1. The van der Waals surface area contributed by atoms with E-state index >= 15 is 0 Å². The summed E-state index contributed by atoms with van der Waals surface area (Å²) >= 11 is 0. The average Bonchev–Trinajstić information content (AvgIpc) is 2.51. The van der Waals surface area contributed by atoms with Crippen LogP contribution in [0.5, 0.6) is 0 Å². The first-order valence-electron chi connectivity index (χ1n) is 7.53. The maximum absolute atomic E-state index is 12.2. The van der Waals surface area contributed by atoms with Crippen molar-refractivity contribution < 1.29 is 4.79 Å². The molecule has 0 aromatic heterocycles. The van der Waals surface area contributed by atoms with Gasteiger partial charge in [-0.3, -0.25) is 9.69 Å². The van der Waals surface area contributed by atoms with Crippen LogP contribution in [0.1, 0.15) is 22.3 Å². The normalized spacial score (nSPS) is 10.4. The van der Waals surface area contributed by atoms with Gasteiger partial charge in [-0.1, -0.05) is 30.3 Å². The molecule has 1 amide bonds. The van der Waals surface area contributed by atoms with Crippen molar-refractivity contribution in [2.45, 2.75) is 20.4 Å². The molecule has 0 saturated heterocycles. The molecule has 2 rings (SSSR count). The lowest BCUT2D eigenvalue weighted by Gasteiger charge is -2.18. The topological polar surface area (TPSA) is 56.1 Å². The van der Waals surface area contributed by atoms with Crippen LogP contribution in [0.3, 0.4) is 0 Å². The van der Waals surface area contributed by atoms with E-state index in [9.17, 15) is 4.79 Å².